The van der Waals surface area contributed by atoms with Crippen LogP contribution in [0.3, 0.4) is 0 Å². The zero-order valence-electron chi connectivity index (χ0n) is 14.6. The molecule has 130 valence electrons. The number of ether oxygens (including phenoxy) is 2. The summed E-state index contributed by atoms with van der Waals surface area (Å²) in [7, 11) is 1.68. The fraction of sp³-hybridized carbons (Fsp3) is 0.421. The van der Waals surface area contributed by atoms with Crippen LogP contribution in [0.15, 0.2) is 40.9 Å². The summed E-state index contributed by atoms with van der Waals surface area (Å²) in [5, 5.41) is 5.13. The van der Waals surface area contributed by atoms with Gasteiger partial charge in [0.25, 0.3) is 5.91 Å². The molecule has 5 heteroatoms. The molecule has 2 rings (SSSR count). The molecule has 24 heavy (non-hydrogen) atoms. The highest BCUT2D eigenvalue weighted by Gasteiger charge is 2.21. The quantitative estimate of drug-likeness (QED) is 0.762. The largest absolute Gasteiger partial charge is 0.484 e. The van der Waals surface area contributed by atoms with Crippen molar-refractivity contribution in [3.05, 3.63) is 40.9 Å². The molecule has 0 radical (unpaired) electrons. The summed E-state index contributed by atoms with van der Waals surface area (Å²) in [5.41, 5.74) is -0.264. The first-order valence-corrected chi connectivity index (χ1v) is 8.75. The van der Waals surface area contributed by atoms with E-state index in [0.29, 0.717) is 5.75 Å². The SMILES string of the molecule is COC(C)(C)C[C@H](C)NC(=O)COc1ccc2cc(Br)ccc2c1. The normalized spacial score (nSPS) is 12.9. The topological polar surface area (TPSA) is 47.6 Å². The number of fused-ring (bicyclic) bond motifs is 1. The van der Waals surface area contributed by atoms with E-state index < -0.39 is 0 Å². The van der Waals surface area contributed by atoms with Crippen molar-refractivity contribution >= 4 is 32.6 Å². The number of carbonyl (C=O) groups is 1. The molecule has 0 heterocycles. The number of halogens is 1. The van der Waals surface area contributed by atoms with Crippen LogP contribution in [0.4, 0.5) is 0 Å². The molecule has 2 aromatic carbocycles. The minimum atomic E-state index is -0.264. The summed E-state index contributed by atoms with van der Waals surface area (Å²) in [4.78, 5) is 12.0. The molecule has 0 saturated heterocycles. The smallest absolute Gasteiger partial charge is 0.258 e. The highest BCUT2D eigenvalue weighted by Crippen LogP contribution is 2.24. The van der Waals surface area contributed by atoms with Gasteiger partial charge >= 0.3 is 0 Å². The van der Waals surface area contributed by atoms with E-state index in [1.54, 1.807) is 7.11 Å². The van der Waals surface area contributed by atoms with Gasteiger partial charge in [0.05, 0.1) is 5.60 Å². The van der Waals surface area contributed by atoms with E-state index in [2.05, 4.69) is 21.2 Å². The third-order valence-corrected chi connectivity index (χ3v) is 4.39. The van der Waals surface area contributed by atoms with Crippen LogP contribution in [-0.2, 0) is 9.53 Å². The van der Waals surface area contributed by atoms with Crippen LogP contribution in [0.25, 0.3) is 10.8 Å². The van der Waals surface area contributed by atoms with Crippen LogP contribution in [0.2, 0.25) is 0 Å². The average molecular weight is 394 g/mol. The minimum Gasteiger partial charge on any atom is -0.484 e. The van der Waals surface area contributed by atoms with Gasteiger partial charge in [-0.05, 0) is 62.2 Å². The number of hydrogen-bond donors (Lipinski definition) is 1. The third-order valence-electron chi connectivity index (χ3n) is 3.90. The van der Waals surface area contributed by atoms with Crippen molar-refractivity contribution in [1.29, 1.82) is 0 Å². The molecule has 0 bridgehead atoms. The van der Waals surface area contributed by atoms with Crippen LogP contribution in [-0.4, -0.2) is 31.3 Å². The Labute approximate surface area is 151 Å². The van der Waals surface area contributed by atoms with Gasteiger partial charge < -0.3 is 14.8 Å². The van der Waals surface area contributed by atoms with Crippen molar-refractivity contribution in [3.63, 3.8) is 0 Å². The molecule has 1 amide bonds. The first-order valence-electron chi connectivity index (χ1n) is 7.96. The molecule has 2 aromatic rings. The molecule has 0 saturated carbocycles. The van der Waals surface area contributed by atoms with Crippen LogP contribution in [0.1, 0.15) is 27.2 Å². The van der Waals surface area contributed by atoms with Gasteiger partial charge in [-0.1, -0.05) is 28.1 Å². The highest BCUT2D eigenvalue weighted by atomic mass is 79.9. The number of amides is 1. The fourth-order valence-electron chi connectivity index (χ4n) is 2.62. The number of methoxy groups -OCH3 is 1. The molecular formula is C19H24BrNO3. The first kappa shape index (κ1) is 18.7. The maximum Gasteiger partial charge on any atom is 0.258 e. The van der Waals surface area contributed by atoms with Gasteiger partial charge in [0.1, 0.15) is 5.75 Å². The lowest BCUT2D eigenvalue weighted by atomic mass is 10.00. The predicted molar refractivity (Wildman–Crippen MR) is 100 cm³/mol. The maximum absolute atomic E-state index is 12.0. The lowest BCUT2D eigenvalue weighted by Crippen LogP contribution is -2.40. The zero-order valence-corrected chi connectivity index (χ0v) is 16.1. The fourth-order valence-corrected chi connectivity index (χ4v) is 3.00. The number of rotatable bonds is 7. The molecule has 0 unspecified atom stereocenters. The Morgan fingerprint density at radius 1 is 1.21 bits per heavy atom. The van der Waals surface area contributed by atoms with E-state index in [1.807, 2.05) is 57.2 Å². The van der Waals surface area contributed by atoms with Crippen molar-refractivity contribution < 1.29 is 14.3 Å². The van der Waals surface area contributed by atoms with Gasteiger partial charge in [-0.2, -0.15) is 0 Å². The van der Waals surface area contributed by atoms with E-state index in [-0.39, 0.29) is 24.2 Å². The molecule has 0 aliphatic carbocycles. The summed E-state index contributed by atoms with van der Waals surface area (Å²) in [6.07, 6.45) is 0.736. The Kier molecular flexibility index (Phi) is 6.24. The van der Waals surface area contributed by atoms with Gasteiger partial charge in [-0.25, -0.2) is 0 Å². The van der Waals surface area contributed by atoms with Gasteiger partial charge in [-0.15, -0.1) is 0 Å². The Hall–Kier alpha value is -1.59. The van der Waals surface area contributed by atoms with Gasteiger partial charge in [0.15, 0.2) is 6.61 Å². The molecule has 0 aliphatic heterocycles. The molecular weight excluding hydrogens is 370 g/mol. The highest BCUT2D eigenvalue weighted by molar-refractivity contribution is 9.10. The monoisotopic (exact) mass is 393 g/mol. The Morgan fingerprint density at radius 2 is 1.88 bits per heavy atom. The van der Waals surface area contributed by atoms with Crippen LogP contribution >= 0.6 is 15.9 Å². The van der Waals surface area contributed by atoms with Gasteiger partial charge in [0, 0.05) is 17.6 Å². The Balaban J connectivity index is 1.88. The molecule has 0 spiro atoms. The van der Waals surface area contributed by atoms with Crippen molar-refractivity contribution in [1.82, 2.24) is 5.32 Å². The molecule has 4 nitrogen and oxygen atoms in total. The molecule has 1 N–H and O–H groups in total. The molecule has 1 atom stereocenters. The second-order valence-electron chi connectivity index (χ2n) is 6.58. The lowest BCUT2D eigenvalue weighted by molar-refractivity contribution is -0.124. The first-order chi connectivity index (χ1) is 11.3. The number of carbonyl (C=O) groups excluding carboxylic acids is 1. The summed E-state index contributed by atoms with van der Waals surface area (Å²) in [5.74, 6) is 0.551. The second kappa shape index (κ2) is 7.99. The second-order valence-corrected chi connectivity index (χ2v) is 7.49. The van der Waals surface area contributed by atoms with E-state index in [1.165, 1.54) is 0 Å². The number of hydrogen-bond acceptors (Lipinski definition) is 3. The summed E-state index contributed by atoms with van der Waals surface area (Å²) < 4.78 is 12.0. The van der Waals surface area contributed by atoms with Crippen LogP contribution in [0.5, 0.6) is 5.75 Å². The van der Waals surface area contributed by atoms with E-state index in [4.69, 9.17) is 9.47 Å². The van der Waals surface area contributed by atoms with Crippen LogP contribution in [0, 0.1) is 0 Å². The van der Waals surface area contributed by atoms with Crippen molar-refractivity contribution in [2.75, 3.05) is 13.7 Å². The third kappa shape index (κ3) is 5.49. The lowest BCUT2D eigenvalue weighted by Gasteiger charge is -2.27. The predicted octanol–water partition coefficient (Wildman–Crippen LogP) is 4.30. The standard InChI is InChI=1S/C19H24BrNO3/c1-13(11-19(2,3)23-4)21-18(22)12-24-17-8-6-14-9-16(20)7-5-15(14)10-17/h5-10,13H,11-12H2,1-4H3,(H,21,22)/t13-/m0/s1. The summed E-state index contributed by atoms with van der Waals surface area (Å²) >= 11 is 3.46. The molecule has 0 aromatic heterocycles. The van der Waals surface area contributed by atoms with Crippen molar-refractivity contribution in [3.8, 4) is 5.75 Å². The average Bonchev–Trinajstić information content (AvgIpc) is 2.52. The summed E-state index contributed by atoms with van der Waals surface area (Å²) in [6, 6.07) is 11.9. The maximum atomic E-state index is 12.0. The van der Waals surface area contributed by atoms with E-state index in [0.717, 1.165) is 21.7 Å². The Morgan fingerprint density at radius 3 is 2.58 bits per heavy atom. The van der Waals surface area contributed by atoms with Gasteiger partial charge in [0.2, 0.25) is 0 Å². The minimum absolute atomic E-state index is 0.000213. The number of nitrogens with one attached hydrogen (secondary N) is 1. The zero-order chi connectivity index (χ0) is 17.7. The number of benzene rings is 2. The summed E-state index contributed by atoms with van der Waals surface area (Å²) in [6.45, 7) is 5.96. The van der Waals surface area contributed by atoms with E-state index in [9.17, 15) is 4.79 Å². The van der Waals surface area contributed by atoms with Crippen LogP contribution < -0.4 is 10.1 Å². The van der Waals surface area contributed by atoms with Crippen molar-refractivity contribution in [2.45, 2.75) is 38.8 Å². The molecule has 0 aliphatic rings. The Bertz CT molecular complexity index is 715. The van der Waals surface area contributed by atoms with Crippen molar-refractivity contribution in [2.24, 2.45) is 0 Å². The van der Waals surface area contributed by atoms with E-state index >= 15 is 0 Å². The molecule has 0 fully saturated rings. The van der Waals surface area contributed by atoms with Gasteiger partial charge in [-0.3, -0.25) is 4.79 Å².